The van der Waals surface area contributed by atoms with E-state index in [1.54, 1.807) is 24.3 Å². The Labute approximate surface area is 157 Å². The van der Waals surface area contributed by atoms with Crippen molar-refractivity contribution in [1.82, 2.24) is 5.43 Å². The zero-order chi connectivity index (χ0) is 19.6. The number of rotatable bonds is 9. The van der Waals surface area contributed by atoms with E-state index in [1.165, 1.54) is 11.8 Å². The lowest BCUT2D eigenvalue weighted by Crippen LogP contribution is -2.24. The quantitative estimate of drug-likeness (QED) is 0.523. The van der Waals surface area contributed by atoms with E-state index in [9.17, 15) is 9.59 Å². The summed E-state index contributed by atoms with van der Waals surface area (Å²) < 4.78 is 10.6. The fraction of sp³-hybridized carbons (Fsp3) is 0.250. The zero-order valence-electron chi connectivity index (χ0n) is 15.2. The van der Waals surface area contributed by atoms with Crippen molar-refractivity contribution in [3.63, 3.8) is 0 Å². The third kappa shape index (κ3) is 6.81. The molecule has 0 atom stereocenters. The van der Waals surface area contributed by atoms with E-state index in [1.807, 2.05) is 24.3 Å². The monoisotopic (exact) mass is 370 g/mol. The van der Waals surface area contributed by atoms with Crippen LogP contribution in [0.4, 0.5) is 0 Å². The van der Waals surface area contributed by atoms with Gasteiger partial charge in [0, 0.05) is 5.56 Å². The van der Waals surface area contributed by atoms with Crippen LogP contribution in [0.5, 0.6) is 11.5 Å². The molecule has 0 heterocycles. The van der Waals surface area contributed by atoms with E-state index in [0.717, 1.165) is 0 Å². The first kappa shape index (κ1) is 20.0. The minimum atomic E-state index is -1.08. The highest BCUT2D eigenvalue weighted by Gasteiger charge is 2.05. The van der Waals surface area contributed by atoms with Crippen LogP contribution < -0.4 is 14.9 Å². The number of aliphatic carboxylic acids is 1. The maximum atomic E-state index is 11.8. The van der Waals surface area contributed by atoms with Gasteiger partial charge in [-0.1, -0.05) is 38.1 Å². The normalized spacial score (nSPS) is 10.8. The first-order valence-corrected chi connectivity index (χ1v) is 8.44. The number of hydrazone groups is 1. The predicted molar refractivity (Wildman–Crippen MR) is 101 cm³/mol. The van der Waals surface area contributed by atoms with Crippen molar-refractivity contribution in [2.24, 2.45) is 5.10 Å². The molecule has 0 aromatic heterocycles. The van der Waals surface area contributed by atoms with Crippen molar-refractivity contribution >= 4 is 18.1 Å². The van der Waals surface area contributed by atoms with Crippen LogP contribution in [0, 0.1) is 0 Å². The molecule has 1 amide bonds. The lowest BCUT2D eigenvalue weighted by molar-refractivity contribution is -0.139. The second kappa shape index (κ2) is 9.96. The molecule has 27 heavy (non-hydrogen) atoms. The summed E-state index contributed by atoms with van der Waals surface area (Å²) in [6.45, 7) is 3.58. The lowest BCUT2D eigenvalue weighted by Gasteiger charge is -2.08. The number of carboxylic acids is 1. The number of nitrogens with zero attached hydrogens (tertiary/aromatic N) is 1. The molecule has 0 aliphatic rings. The second-order valence-electron chi connectivity index (χ2n) is 6.03. The smallest absolute Gasteiger partial charge is 0.341 e. The SMILES string of the molecule is CC(C)c1ccc(OCC(=O)N/N=C\c2ccccc2OCC(=O)O)cc1. The molecule has 2 aromatic rings. The Kier molecular flexibility index (Phi) is 7.37. The Bertz CT molecular complexity index is 800. The van der Waals surface area contributed by atoms with Crippen molar-refractivity contribution in [1.29, 1.82) is 0 Å². The van der Waals surface area contributed by atoms with E-state index >= 15 is 0 Å². The van der Waals surface area contributed by atoms with Gasteiger partial charge in [-0.2, -0.15) is 5.10 Å². The van der Waals surface area contributed by atoms with Crippen molar-refractivity contribution in [2.75, 3.05) is 13.2 Å². The van der Waals surface area contributed by atoms with Gasteiger partial charge in [0.25, 0.3) is 5.91 Å². The van der Waals surface area contributed by atoms with Crippen LogP contribution in [0.1, 0.15) is 30.9 Å². The molecular formula is C20H22N2O5. The third-order valence-electron chi connectivity index (χ3n) is 3.58. The average molecular weight is 370 g/mol. The molecule has 0 fully saturated rings. The summed E-state index contributed by atoms with van der Waals surface area (Å²) in [5.74, 6) is -0.0962. The molecule has 0 aliphatic carbocycles. The summed E-state index contributed by atoms with van der Waals surface area (Å²) in [4.78, 5) is 22.4. The van der Waals surface area contributed by atoms with Crippen LogP contribution >= 0.6 is 0 Å². The summed E-state index contributed by atoms with van der Waals surface area (Å²) in [5.41, 5.74) is 4.10. The topological polar surface area (TPSA) is 97.2 Å². The fourth-order valence-electron chi connectivity index (χ4n) is 2.16. The minimum absolute atomic E-state index is 0.171. The summed E-state index contributed by atoms with van der Waals surface area (Å²) >= 11 is 0. The predicted octanol–water partition coefficient (Wildman–Crippen LogP) is 2.80. The van der Waals surface area contributed by atoms with Crippen LogP contribution in [0.25, 0.3) is 0 Å². The first-order chi connectivity index (χ1) is 13.0. The summed E-state index contributed by atoms with van der Waals surface area (Å²) in [6, 6.07) is 14.3. The molecule has 0 aliphatic heterocycles. The van der Waals surface area contributed by atoms with E-state index in [0.29, 0.717) is 23.0 Å². The Hall–Kier alpha value is -3.35. The van der Waals surface area contributed by atoms with Gasteiger partial charge in [0.15, 0.2) is 13.2 Å². The van der Waals surface area contributed by atoms with E-state index < -0.39 is 18.5 Å². The number of para-hydroxylation sites is 1. The van der Waals surface area contributed by atoms with Crippen LogP contribution in [0.3, 0.4) is 0 Å². The van der Waals surface area contributed by atoms with Crippen LogP contribution in [-0.4, -0.2) is 36.4 Å². The van der Waals surface area contributed by atoms with Gasteiger partial charge >= 0.3 is 5.97 Å². The zero-order valence-corrected chi connectivity index (χ0v) is 15.2. The Morgan fingerprint density at radius 2 is 1.78 bits per heavy atom. The second-order valence-corrected chi connectivity index (χ2v) is 6.03. The molecule has 0 bridgehead atoms. The van der Waals surface area contributed by atoms with Gasteiger partial charge in [0.1, 0.15) is 11.5 Å². The number of ether oxygens (including phenoxy) is 2. The summed E-state index contributed by atoms with van der Waals surface area (Å²) in [6.07, 6.45) is 1.38. The van der Waals surface area contributed by atoms with E-state index in [2.05, 4.69) is 24.4 Å². The van der Waals surface area contributed by atoms with Crippen molar-refractivity contribution < 1.29 is 24.2 Å². The summed E-state index contributed by atoms with van der Waals surface area (Å²) in [5, 5.41) is 12.5. The molecule has 142 valence electrons. The minimum Gasteiger partial charge on any atom is -0.484 e. The van der Waals surface area contributed by atoms with Gasteiger partial charge in [-0.25, -0.2) is 10.2 Å². The van der Waals surface area contributed by atoms with Crippen LogP contribution in [-0.2, 0) is 9.59 Å². The third-order valence-corrected chi connectivity index (χ3v) is 3.58. The molecule has 2 N–H and O–H groups in total. The molecule has 0 spiro atoms. The average Bonchev–Trinajstić information content (AvgIpc) is 2.66. The molecule has 0 saturated carbocycles. The number of carbonyl (C=O) groups is 2. The van der Waals surface area contributed by atoms with Gasteiger partial charge in [0.05, 0.1) is 6.21 Å². The van der Waals surface area contributed by atoms with Gasteiger partial charge in [-0.3, -0.25) is 4.79 Å². The number of carboxylic acid groups (broad SMARTS) is 1. The standard InChI is InChI=1S/C20H22N2O5/c1-14(2)15-7-9-17(10-8-15)26-12-19(23)22-21-11-16-5-3-4-6-18(16)27-13-20(24)25/h3-11,14H,12-13H2,1-2H3,(H,22,23)(H,24,25)/b21-11-. The molecule has 7 heteroatoms. The van der Waals surface area contributed by atoms with Crippen molar-refractivity contribution in [3.05, 3.63) is 59.7 Å². The molecule has 0 unspecified atom stereocenters. The van der Waals surface area contributed by atoms with E-state index in [-0.39, 0.29) is 6.61 Å². The Balaban J connectivity index is 1.84. The molecule has 2 rings (SSSR count). The van der Waals surface area contributed by atoms with Crippen molar-refractivity contribution in [2.45, 2.75) is 19.8 Å². The largest absolute Gasteiger partial charge is 0.484 e. The van der Waals surface area contributed by atoms with Crippen LogP contribution in [0.15, 0.2) is 53.6 Å². The number of carbonyl (C=O) groups excluding carboxylic acids is 1. The molecule has 7 nitrogen and oxygen atoms in total. The number of benzene rings is 2. The number of hydrogen-bond acceptors (Lipinski definition) is 5. The number of amides is 1. The number of nitrogens with one attached hydrogen (secondary N) is 1. The van der Waals surface area contributed by atoms with E-state index in [4.69, 9.17) is 14.6 Å². The Morgan fingerprint density at radius 1 is 1.07 bits per heavy atom. The maximum Gasteiger partial charge on any atom is 0.341 e. The Morgan fingerprint density at radius 3 is 2.44 bits per heavy atom. The highest BCUT2D eigenvalue weighted by atomic mass is 16.5. The van der Waals surface area contributed by atoms with Crippen LogP contribution in [0.2, 0.25) is 0 Å². The molecule has 0 saturated heterocycles. The molecule has 0 radical (unpaired) electrons. The van der Waals surface area contributed by atoms with Crippen molar-refractivity contribution in [3.8, 4) is 11.5 Å². The lowest BCUT2D eigenvalue weighted by atomic mass is 10.0. The maximum absolute atomic E-state index is 11.8. The first-order valence-electron chi connectivity index (χ1n) is 8.44. The van der Waals surface area contributed by atoms with Gasteiger partial charge in [-0.05, 0) is 35.7 Å². The molecule has 2 aromatic carbocycles. The fourth-order valence-corrected chi connectivity index (χ4v) is 2.16. The van der Waals surface area contributed by atoms with Gasteiger partial charge in [0.2, 0.25) is 0 Å². The van der Waals surface area contributed by atoms with Gasteiger partial charge in [-0.15, -0.1) is 0 Å². The van der Waals surface area contributed by atoms with Gasteiger partial charge < -0.3 is 14.6 Å². The highest BCUT2D eigenvalue weighted by molar-refractivity contribution is 5.85. The number of hydrogen-bond donors (Lipinski definition) is 2. The molecular weight excluding hydrogens is 348 g/mol. The highest BCUT2D eigenvalue weighted by Crippen LogP contribution is 2.18. The summed E-state index contributed by atoms with van der Waals surface area (Å²) in [7, 11) is 0.